The fraction of sp³-hybridized carbons (Fsp3) is 0.500. The molecule has 0 heterocycles. The lowest BCUT2D eigenvalue weighted by Gasteiger charge is -2.25. The maximum atomic E-state index is 10.6. The Kier molecular flexibility index (Phi) is 3.88. The lowest BCUT2D eigenvalue weighted by Crippen LogP contribution is -2.27. The van der Waals surface area contributed by atoms with Gasteiger partial charge in [-0.25, -0.2) is 0 Å². The normalized spacial score (nSPS) is 11.2. The summed E-state index contributed by atoms with van der Waals surface area (Å²) in [4.78, 5) is 10.2. The standard InChI is InChI=1S/C12H17NO3/c1-4-8-12(2,3)16-11-7-5-6-10(9-11)13(14)15/h5-7,9H,4,8H2,1-3H3. The Bertz CT molecular complexity index is 374. The first-order valence-corrected chi connectivity index (χ1v) is 5.38. The van der Waals surface area contributed by atoms with E-state index in [0.717, 1.165) is 12.8 Å². The minimum absolute atomic E-state index is 0.0600. The van der Waals surface area contributed by atoms with Gasteiger partial charge in [-0.15, -0.1) is 0 Å². The molecule has 0 fully saturated rings. The lowest BCUT2D eigenvalue weighted by atomic mass is 10.0. The molecule has 1 aromatic rings. The van der Waals surface area contributed by atoms with Crippen LogP contribution in [0.1, 0.15) is 33.6 Å². The van der Waals surface area contributed by atoms with Crippen LogP contribution in [-0.4, -0.2) is 10.5 Å². The smallest absolute Gasteiger partial charge is 0.273 e. The first-order valence-electron chi connectivity index (χ1n) is 5.38. The Balaban J connectivity index is 2.81. The first-order chi connectivity index (χ1) is 7.44. The fourth-order valence-electron chi connectivity index (χ4n) is 1.63. The zero-order valence-corrected chi connectivity index (χ0v) is 9.90. The molecule has 16 heavy (non-hydrogen) atoms. The average Bonchev–Trinajstić information content (AvgIpc) is 2.17. The molecule has 0 spiro atoms. The number of nitro benzene ring substituents is 1. The molecule has 1 rings (SSSR count). The maximum Gasteiger partial charge on any atom is 0.273 e. The molecule has 0 saturated carbocycles. The van der Waals surface area contributed by atoms with E-state index in [9.17, 15) is 10.1 Å². The van der Waals surface area contributed by atoms with E-state index in [1.165, 1.54) is 12.1 Å². The van der Waals surface area contributed by atoms with Crippen molar-refractivity contribution in [2.24, 2.45) is 0 Å². The van der Waals surface area contributed by atoms with Gasteiger partial charge in [0, 0.05) is 6.07 Å². The Morgan fingerprint density at radius 3 is 2.69 bits per heavy atom. The highest BCUT2D eigenvalue weighted by molar-refractivity contribution is 5.38. The molecule has 0 saturated heterocycles. The van der Waals surface area contributed by atoms with Crippen LogP contribution in [0.25, 0.3) is 0 Å². The molecule has 1 aromatic carbocycles. The van der Waals surface area contributed by atoms with Crippen molar-refractivity contribution in [3.8, 4) is 5.75 Å². The van der Waals surface area contributed by atoms with Gasteiger partial charge in [0.15, 0.2) is 0 Å². The number of ether oxygens (including phenoxy) is 1. The molecule has 0 aliphatic carbocycles. The highest BCUT2D eigenvalue weighted by Crippen LogP contribution is 2.25. The van der Waals surface area contributed by atoms with E-state index in [2.05, 4.69) is 6.92 Å². The summed E-state index contributed by atoms with van der Waals surface area (Å²) in [7, 11) is 0. The number of rotatable bonds is 5. The summed E-state index contributed by atoms with van der Waals surface area (Å²) >= 11 is 0. The van der Waals surface area contributed by atoms with Crippen LogP contribution < -0.4 is 4.74 Å². The minimum atomic E-state index is -0.417. The Morgan fingerprint density at radius 2 is 2.12 bits per heavy atom. The molecule has 0 N–H and O–H groups in total. The van der Waals surface area contributed by atoms with Crippen LogP contribution in [0.4, 0.5) is 5.69 Å². The van der Waals surface area contributed by atoms with Crippen molar-refractivity contribution in [1.82, 2.24) is 0 Å². The average molecular weight is 223 g/mol. The van der Waals surface area contributed by atoms with E-state index in [1.807, 2.05) is 13.8 Å². The molecular formula is C12H17NO3. The van der Waals surface area contributed by atoms with Crippen molar-refractivity contribution >= 4 is 5.69 Å². The maximum absolute atomic E-state index is 10.6. The zero-order valence-electron chi connectivity index (χ0n) is 9.90. The monoisotopic (exact) mass is 223 g/mol. The van der Waals surface area contributed by atoms with Gasteiger partial charge in [-0.3, -0.25) is 10.1 Å². The molecule has 88 valence electrons. The van der Waals surface area contributed by atoms with Gasteiger partial charge in [-0.05, 0) is 26.3 Å². The van der Waals surface area contributed by atoms with Crippen LogP contribution in [0.3, 0.4) is 0 Å². The van der Waals surface area contributed by atoms with Crippen molar-refractivity contribution in [3.05, 3.63) is 34.4 Å². The fourth-order valence-corrected chi connectivity index (χ4v) is 1.63. The number of hydrogen-bond donors (Lipinski definition) is 0. The first kappa shape index (κ1) is 12.5. The SMILES string of the molecule is CCCC(C)(C)Oc1cccc([N+](=O)[O-])c1. The van der Waals surface area contributed by atoms with E-state index in [1.54, 1.807) is 12.1 Å². The summed E-state index contributed by atoms with van der Waals surface area (Å²) < 4.78 is 5.73. The number of non-ortho nitro benzene ring substituents is 1. The highest BCUT2D eigenvalue weighted by Gasteiger charge is 2.19. The summed E-state index contributed by atoms with van der Waals surface area (Å²) in [5.74, 6) is 0.549. The third-order valence-electron chi connectivity index (χ3n) is 2.27. The molecule has 0 atom stereocenters. The Morgan fingerprint density at radius 1 is 1.44 bits per heavy atom. The third kappa shape index (κ3) is 3.53. The quantitative estimate of drug-likeness (QED) is 0.566. The van der Waals surface area contributed by atoms with Crippen LogP contribution in [-0.2, 0) is 0 Å². The van der Waals surface area contributed by atoms with Gasteiger partial charge in [0.2, 0.25) is 0 Å². The number of nitro groups is 1. The summed E-state index contributed by atoms with van der Waals surface area (Å²) in [6.45, 7) is 6.04. The van der Waals surface area contributed by atoms with E-state index in [0.29, 0.717) is 5.75 Å². The molecule has 0 aromatic heterocycles. The summed E-state index contributed by atoms with van der Waals surface area (Å²) in [6.07, 6.45) is 1.93. The number of hydrogen-bond acceptors (Lipinski definition) is 3. The molecule has 0 radical (unpaired) electrons. The second-order valence-corrected chi connectivity index (χ2v) is 4.37. The van der Waals surface area contributed by atoms with Gasteiger partial charge in [-0.2, -0.15) is 0 Å². The zero-order chi connectivity index (χ0) is 12.2. The third-order valence-corrected chi connectivity index (χ3v) is 2.27. The van der Waals surface area contributed by atoms with Crippen LogP contribution in [0, 0.1) is 10.1 Å². The predicted octanol–water partition coefficient (Wildman–Crippen LogP) is 3.55. The highest BCUT2D eigenvalue weighted by atomic mass is 16.6. The van der Waals surface area contributed by atoms with Crippen molar-refractivity contribution in [3.63, 3.8) is 0 Å². The second-order valence-electron chi connectivity index (χ2n) is 4.37. The Hall–Kier alpha value is -1.58. The molecule has 0 amide bonds. The minimum Gasteiger partial charge on any atom is -0.488 e. The van der Waals surface area contributed by atoms with E-state index in [-0.39, 0.29) is 11.3 Å². The summed E-state index contributed by atoms with van der Waals surface area (Å²) in [5.41, 5.74) is -0.228. The predicted molar refractivity (Wildman–Crippen MR) is 62.7 cm³/mol. The van der Waals surface area contributed by atoms with Crippen LogP contribution in [0.5, 0.6) is 5.75 Å². The van der Waals surface area contributed by atoms with Gasteiger partial charge in [0.25, 0.3) is 5.69 Å². The molecule has 0 aliphatic heterocycles. The Labute approximate surface area is 95.4 Å². The molecule has 4 nitrogen and oxygen atoms in total. The summed E-state index contributed by atoms with van der Waals surface area (Å²) in [6, 6.07) is 6.29. The van der Waals surface area contributed by atoms with E-state index < -0.39 is 4.92 Å². The van der Waals surface area contributed by atoms with Gasteiger partial charge >= 0.3 is 0 Å². The lowest BCUT2D eigenvalue weighted by molar-refractivity contribution is -0.385. The van der Waals surface area contributed by atoms with Crippen molar-refractivity contribution < 1.29 is 9.66 Å². The van der Waals surface area contributed by atoms with E-state index in [4.69, 9.17) is 4.74 Å². The largest absolute Gasteiger partial charge is 0.488 e. The molecular weight excluding hydrogens is 206 g/mol. The van der Waals surface area contributed by atoms with E-state index >= 15 is 0 Å². The van der Waals surface area contributed by atoms with Gasteiger partial charge in [0.1, 0.15) is 11.4 Å². The number of benzene rings is 1. The number of nitrogens with zero attached hydrogens (tertiary/aromatic N) is 1. The molecule has 0 unspecified atom stereocenters. The summed E-state index contributed by atoms with van der Waals surface area (Å²) in [5, 5.41) is 10.6. The van der Waals surface area contributed by atoms with Crippen molar-refractivity contribution in [1.29, 1.82) is 0 Å². The van der Waals surface area contributed by atoms with Crippen LogP contribution in [0.15, 0.2) is 24.3 Å². The molecule has 4 heteroatoms. The van der Waals surface area contributed by atoms with Gasteiger partial charge < -0.3 is 4.74 Å². The van der Waals surface area contributed by atoms with Crippen molar-refractivity contribution in [2.75, 3.05) is 0 Å². The van der Waals surface area contributed by atoms with Gasteiger partial charge in [-0.1, -0.05) is 19.4 Å². The van der Waals surface area contributed by atoms with Crippen molar-refractivity contribution in [2.45, 2.75) is 39.2 Å². The van der Waals surface area contributed by atoms with Gasteiger partial charge in [0.05, 0.1) is 11.0 Å². The topological polar surface area (TPSA) is 52.4 Å². The van der Waals surface area contributed by atoms with Crippen LogP contribution in [0.2, 0.25) is 0 Å². The molecule has 0 bridgehead atoms. The second kappa shape index (κ2) is 4.96. The molecule has 0 aliphatic rings. The van der Waals surface area contributed by atoms with Crippen LogP contribution >= 0.6 is 0 Å².